The van der Waals surface area contributed by atoms with Gasteiger partial charge in [-0.3, -0.25) is 19.3 Å². The number of nitrogens with zero attached hydrogens (tertiary/aromatic N) is 1. The standard InChI is InChI=1S/C27H24N2O6S2/c1-34-13-6-4-12(5-7-13)29-25(31)20-14-10-15(21(20)26(29)32)22-19(14)18(23-24(36-22)28-27(33)37-23)11-3-8-16(30)17(9-11)35-2/h3-9,14-15,18-22,30H,10H2,1-2H3,(H,28,33). The SMILES string of the molecule is COc1ccc(N2C(=O)C3C4CC(C3C2=O)C2C(c3ccc(O)c(OC)c3)c3sc(=O)[nH]c3SC42)cc1. The summed E-state index contributed by atoms with van der Waals surface area (Å²) >= 11 is 2.86. The van der Waals surface area contributed by atoms with E-state index in [9.17, 15) is 19.5 Å². The molecule has 8 nitrogen and oxygen atoms in total. The Morgan fingerprint density at radius 2 is 1.70 bits per heavy atom. The van der Waals surface area contributed by atoms with Crippen molar-refractivity contribution in [2.24, 2.45) is 29.6 Å². The highest BCUT2D eigenvalue weighted by atomic mass is 32.2. The molecule has 4 aliphatic rings. The quantitative estimate of drug-likeness (QED) is 0.488. The Balaban J connectivity index is 1.31. The minimum absolute atomic E-state index is 0.0161. The Kier molecular flexibility index (Phi) is 5.04. The zero-order valence-corrected chi connectivity index (χ0v) is 21.7. The van der Waals surface area contributed by atoms with Crippen molar-refractivity contribution in [3.05, 3.63) is 62.6 Å². The number of anilines is 1. The third-order valence-corrected chi connectivity index (χ3v) is 11.2. The van der Waals surface area contributed by atoms with Gasteiger partial charge in [0.15, 0.2) is 11.5 Å². The monoisotopic (exact) mass is 536 g/mol. The van der Waals surface area contributed by atoms with Crippen LogP contribution in [0.15, 0.2) is 52.3 Å². The summed E-state index contributed by atoms with van der Waals surface area (Å²) < 4.78 is 10.6. The van der Waals surface area contributed by atoms with Gasteiger partial charge in [-0.1, -0.05) is 17.4 Å². The molecule has 0 radical (unpaired) electrons. The van der Waals surface area contributed by atoms with Crippen molar-refractivity contribution < 1.29 is 24.2 Å². The summed E-state index contributed by atoms with van der Waals surface area (Å²) in [5.74, 6) is 0.111. The van der Waals surface area contributed by atoms with E-state index in [0.717, 1.165) is 21.9 Å². The normalized spacial score (nSPS) is 31.3. The number of phenols is 1. The minimum atomic E-state index is -0.375. The lowest BCUT2D eigenvalue weighted by atomic mass is 9.68. The van der Waals surface area contributed by atoms with Gasteiger partial charge in [-0.05, 0) is 66.1 Å². The first-order valence-corrected chi connectivity index (χ1v) is 13.9. The van der Waals surface area contributed by atoms with Gasteiger partial charge in [-0.25, -0.2) is 0 Å². The van der Waals surface area contributed by atoms with Gasteiger partial charge >= 0.3 is 4.87 Å². The molecule has 3 aromatic rings. The lowest BCUT2D eigenvalue weighted by Crippen LogP contribution is -2.42. The number of methoxy groups -OCH3 is 2. The van der Waals surface area contributed by atoms with Crippen molar-refractivity contribution in [1.82, 2.24) is 4.98 Å². The van der Waals surface area contributed by atoms with E-state index in [1.54, 1.807) is 49.2 Å². The number of thioether (sulfide) groups is 1. The number of benzene rings is 2. The van der Waals surface area contributed by atoms with Crippen LogP contribution in [0.2, 0.25) is 0 Å². The summed E-state index contributed by atoms with van der Waals surface area (Å²) in [5, 5.41) is 11.2. The largest absolute Gasteiger partial charge is 0.504 e. The molecule has 2 bridgehead atoms. The lowest BCUT2D eigenvalue weighted by Gasteiger charge is -2.43. The summed E-state index contributed by atoms with van der Waals surface area (Å²) in [6, 6.07) is 12.4. The minimum Gasteiger partial charge on any atom is -0.504 e. The zero-order valence-electron chi connectivity index (χ0n) is 20.0. The van der Waals surface area contributed by atoms with Crippen molar-refractivity contribution in [2.45, 2.75) is 22.6 Å². The Morgan fingerprint density at radius 1 is 0.973 bits per heavy atom. The first-order valence-electron chi connectivity index (χ1n) is 12.2. The number of imide groups is 1. The molecule has 10 heteroatoms. The number of ether oxygens (including phenoxy) is 2. The van der Waals surface area contributed by atoms with Gasteiger partial charge in [0.1, 0.15) is 5.75 Å². The van der Waals surface area contributed by atoms with Crippen LogP contribution in [0, 0.1) is 29.6 Å². The molecule has 2 N–H and O–H groups in total. The van der Waals surface area contributed by atoms with E-state index in [4.69, 9.17) is 9.47 Å². The molecule has 2 aliphatic carbocycles. The topological polar surface area (TPSA) is 109 Å². The van der Waals surface area contributed by atoms with E-state index in [0.29, 0.717) is 17.2 Å². The average Bonchev–Trinajstić information content (AvgIpc) is 3.63. The van der Waals surface area contributed by atoms with Gasteiger partial charge in [-0.15, -0.1) is 11.8 Å². The Morgan fingerprint density at radius 3 is 2.41 bits per heavy atom. The fourth-order valence-electron chi connectivity index (χ4n) is 7.26. The van der Waals surface area contributed by atoms with E-state index in [1.165, 1.54) is 23.3 Å². The summed E-state index contributed by atoms with van der Waals surface area (Å²) in [6.45, 7) is 0. The molecule has 0 spiro atoms. The number of rotatable bonds is 4. The van der Waals surface area contributed by atoms with Gasteiger partial charge < -0.3 is 19.6 Å². The van der Waals surface area contributed by atoms with Crippen LogP contribution < -0.4 is 19.2 Å². The maximum atomic E-state index is 13.8. The molecule has 7 atom stereocenters. The number of aromatic hydroxyl groups is 1. The fourth-order valence-corrected chi connectivity index (χ4v) is 10.2. The third kappa shape index (κ3) is 3.11. The van der Waals surface area contributed by atoms with Crippen molar-refractivity contribution in [1.29, 1.82) is 0 Å². The number of nitrogens with one attached hydrogen (secondary N) is 1. The van der Waals surface area contributed by atoms with Gasteiger partial charge in [0.25, 0.3) is 0 Å². The number of hydrogen-bond acceptors (Lipinski definition) is 8. The number of hydrogen-bond donors (Lipinski definition) is 2. The highest BCUT2D eigenvalue weighted by molar-refractivity contribution is 8.00. The predicted octanol–water partition coefficient (Wildman–Crippen LogP) is 3.84. The van der Waals surface area contributed by atoms with Crippen LogP contribution in [0.1, 0.15) is 22.8 Å². The van der Waals surface area contributed by atoms with Crippen molar-refractivity contribution in [3.8, 4) is 17.2 Å². The number of amides is 2. The number of fused-ring (bicyclic) bond motifs is 9. The van der Waals surface area contributed by atoms with Crippen LogP contribution in [0.4, 0.5) is 5.69 Å². The molecule has 2 amide bonds. The van der Waals surface area contributed by atoms with E-state index in [1.807, 2.05) is 12.1 Å². The summed E-state index contributed by atoms with van der Waals surface area (Å²) in [7, 11) is 3.09. The maximum Gasteiger partial charge on any atom is 0.305 e. The van der Waals surface area contributed by atoms with Crippen LogP contribution in [-0.2, 0) is 9.59 Å². The van der Waals surface area contributed by atoms with Crippen molar-refractivity contribution >= 4 is 40.6 Å². The van der Waals surface area contributed by atoms with Crippen LogP contribution >= 0.6 is 23.1 Å². The van der Waals surface area contributed by atoms with Crippen molar-refractivity contribution in [3.63, 3.8) is 0 Å². The van der Waals surface area contributed by atoms with Crippen molar-refractivity contribution in [2.75, 3.05) is 19.1 Å². The number of aromatic nitrogens is 1. The molecule has 2 aliphatic heterocycles. The molecule has 1 aromatic heterocycles. The molecule has 3 fully saturated rings. The van der Waals surface area contributed by atoms with Crippen LogP contribution in [0.25, 0.3) is 0 Å². The molecule has 1 saturated heterocycles. The zero-order chi connectivity index (χ0) is 25.6. The Labute approximate surface area is 220 Å². The molecule has 2 aromatic carbocycles. The third-order valence-electron chi connectivity index (χ3n) is 8.62. The highest BCUT2D eigenvalue weighted by Gasteiger charge is 2.69. The Hall–Kier alpha value is -3.24. The fraction of sp³-hybridized carbons (Fsp3) is 0.370. The molecule has 37 heavy (non-hydrogen) atoms. The van der Waals surface area contributed by atoms with E-state index in [2.05, 4.69) is 4.98 Å². The van der Waals surface area contributed by atoms with Gasteiger partial charge in [-0.2, -0.15) is 0 Å². The first-order chi connectivity index (χ1) is 17.9. The Bertz CT molecular complexity index is 1500. The second-order valence-corrected chi connectivity index (χ2v) is 12.3. The smallest absolute Gasteiger partial charge is 0.305 e. The summed E-state index contributed by atoms with van der Waals surface area (Å²) in [6.07, 6.45) is 0.816. The first kappa shape index (κ1) is 22.9. The molecule has 7 rings (SSSR count). The van der Waals surface area contributed by atoms with E-state index >= 15 is 0 Å². The number of carbonyl (C=O) groups is 2. The molecule has 3 heterocycles. The van der Waals surface area contributed by atoms with Crippen LogP contribution in [0.3, 0.4) is 0 Å². The van der Waals surface area contributed by atoms with Crippen LogP contribution in [-0.4, -0.2) is 41.4 Å². The van der Waals surface area contributed by atoms with E-state index in [-0.39, 0.29) is 63.2 Å². The molecule has 190 valence electrons. The number of carbonyl (C=O) groups excluding carboxylic acids is 2. The average molecular weight is 537 g/mol. The molecular formula is C27H24N2O6S2. The number of H-pyrrole nitrogens is 1. The summed E-state index contributed by atoms with van der Waals surface area (Å²) in [5.41, 5.74) is 1.51. The number of aromatic amines is 1. The second kappa shape index (κ2) is 8.13. The van der Waals surface area contributed by atoms with Gasteiger partial charge in [0.2, 0.25) is 11.8 Å². The molecular weight excluding hydrogens is 512 g/mol. The van der Waals surface area contributed by atoms with E-state index < -0.39 is 0 Å². The molecule has 2 saturated carbocycles. The predicted molar refractivity (Wildman–Crippen MR) is 139 cm³/mol. The lowest BCUT2D eigenvalue weighted by molar-refractivity contribution is -0.123. The van der Waals surface area contributed by atoms with Gasteiger partial charge in [0.05, 0.1) is 36.8 Å². The second-order valence-electron chi connectivity index (χ2n) is 10.1. The number of phenolic OH excluding ortho intramolecular Hbond substituents is 1. The molecule has 7 unspecified atom stereocenters. The highest BCUT2D eigenvalue weighted by Crippen LogP contribution is 2.68. The van der Waals surface area contributed by atoms with Crippen LogP contribution in [0.5, 0.6) is 17.2 Å². The van der Waals surface area contributed by atoms with Gasteiger partial charge in [0, 0.05) is 16.0 Å². The maximum absolute atomic E-state index is 13.8. The summed E-state index contributed by atoms with van der Waals surface area (Å²) in [4.78, 5) is 45.1. The number of thiazole rings is 1.